The second-order valence-electron chi connectivity index (χ2n) is 7.11. The summed E-state index contributed by atoms with van der Waals surface area (Å²) in [6.07, 6.45) is -3.42. The van der Waals surface area contributed by atoms with Gasteiger partial charge in [0, 0.05) is 27.3 Å². The summed E-state index contributed by atoms with van der Waals surface area (Å²) >= 11 is 6.24. The lowest BCUT2D eigenvalue weighted by Gasteiger charge is -2.23. The van der Waals surface area contributed by atoms with Crippen LogP contribution in [0.3, 0.4) is 0 Å². The molecule has 1 aliphatic rings. The van der Waals surface area contributed by atoms with E-state index in [1.165, 1.54) is 17.6 Å². The molecule has 3 rings (SSSR count). The van der Waals surface area contributed by atoms with E-state index in [-0.39, 0.29) is 35.4 Å². The Morgan fingerprint density at radius 2 is 1.79 bits per heavy atom. The van der Waals surface area contributed by atoms with Gasteiger partial charge in [0.15, 0.2) is 29.2 Å². The molecule has 1 fully saturated rings. The summed E-state index contributed by atoms with van der Waals surface area (Å²) in [5.41, 5.74) is 5.23. The Balaban J connectivity index is 2.21. The van der Waals surface area contributed by atoms with Crippen molar-refractivity contribution in [2.75, 3.05) is 12.3 Å². The zero-order valence-corrected chi connectivity index (χ0v) is 18.8. The molecule has 3 heterocycles. The number of nitrogen functional groups attached to an aromatic ring is 1. The fourth-order valence-corrected chi connectivity index (χ4v) is 3.85. The molecule has 1 aliphatic heterocycles. The maximum Gasteiger partial charge on any atom is 0.333 e. The number of hydrogen-bond donors (Lipinski definition) is 1. The van der Waals surface area contributed by atoms with E-state index in [1.54, 1.807) is 0 Å². The number of fused-ring (bicyclic) bond motifs is 1. The SMILES string of the molecule is C=CCn1c(=O)n(C2O[C@H](COC(C)=O)[C@@H](OC(C)=O)[C@H]2OC(C)=O)c2nc(N)nc(Cl)c21. The molecule has 2 aromatic rings. The third-order valence-corrected chi connectivity index (χ3v) is 4.95. The van der Waals surface area contributed by atoms with Crippen molar-refractivity contribution in [3.05, 3.63) is 28.3 Å². The van der Waals surface area contributed by atoms with Crippen LogP contribution in [0.4, 0.5) is 5.95 Å². The van der Waals surface area contributed by atoms with Crippen LogP contribution in [0.5, 0.6) is 0 Å². The number of esters is 3. The average molecular weight is 484 g/mol. The molecule has 14 heteroatoms. The summed E-state index contributed by atoms with van der Waals surface area (Å²) in [6, 6.07) is 0. The van der Waals surface area contributed by atoms with Gasteiger partial charge in [0.2, 0.25) is 5.95 Å². The molecule has 1 saturated heterocycles. The number of rotatable bonds is 7. The van der Waals surface area contributed by atoms with Crippen LogP contribution in [0.15, 0.2) is 17.4 Å². The first kappa shape index (κ1) is 24.2. The lowest BCUT2D eigenvalue weighted by Crippen LogP contribution is -2.41. The van der Waals surface area contributed by atoms with E-state index < -0.39 is 48.1 Å². The van der Waals surface area contributed by atoms with Crippen molar-refractivity contribution < 1.29 is 33.3 Å². The van der Waals surface area contributed by atoms with Crippen LogP contribution in [0, 0.1) is 0 Å². The molecule has 0 spiro atoms. The zero-order valence-electron chi connectivity index (χ0n) is 18.0. The van der Waals surface area contributed by atoms with Crippen molar-refractivity contribution in [2.24, 2.45) is 0 Å². The van der Waals surface area contributed by atoms with Crippen LogP contribution >= 0.6 is 11.6 Å². The molecule has 0 amide bonds. The topological polar surface area (TPSA) is 167 Å². The summed E-state index contributed by atoms with van der Waals surface area (Å²) in [5, 5.41) is -0.0924. The molecule has 0 radical (unpaired) electrons. The van der Waals surface area contributed by atoms with E-state index in [9.17, 15) is 19.2 Å². The van der Waals surface area contributed by atoms with Gasteiger partial charge in [0.05, 0.1) is 0 Å². The lowest BCUT2D eigenvalue weighted by atomic mass is 10.1. The van der Waals surface area contributed by atoms with Crippen molar-refractivity contribution in [2.45, 2.75) is 51.9 Å². The molecular formula is C19H22ClN5O8. The van der Waals surface area contributed by atoms with Gasteiger partial charge >= 0.3 is 23.6 Å². The number of carbonyl (C=O) groups is 3. The first-order valence-corrected chi connectivity index (χ1v) is 10.1. The van der Waals surface area contributed by atoms with Gasteiger partial charge in [0.1, 0.15) is 18.2 Å². The van der Waals surface area contributed by atoms with E-state index >= 15 is 0 Å². The first-order chi connectivity index (χ1) is 15.5. The summed E-state index contributed by atoms with van der Waals surface area (Å²) in [4.78, 5) is 56.3. The van der Waals surface area contributed by atoms with Gasteiger partial charge in [-0.05, 0) is 0 Å². The van der Waals surface area contributed by atoms with Crippen LogP contribution in [0.2, 0.25) is 5.15 Å². The summed E-state index contributed by atoms with van der Waals surface area (Å²) in [7, 11) is 0. The predicted molar refractivity (Wildman–Crippen MR) is 113 cm³/mol. The number of anilines is 1. The number of allylic oxidation sites excluding steroid dienone is 1. The Morgan fingerprint density at radius 3 is 2.36 bits per heavy atom. The third-order valence-electron chi connectivity index (χ3n) is 4.68. The van der Waals surface area contributed by atoms with E-state index in [2.05, 4.69) is 16.5 Å². The van der Waals surface area contributed by atoms with Crippen LogP contribution in [0.25, 0.3) is 11.2 Å². The fourth-order valence-electron chi connectivity index (χ4n) is 3.58. The van der Waals surface area contributed by atoms with Gasteiger partial charge in [-0.3, -0.25) is 19.0 Å². The number of imidazole rings is 1. The van der Waals surface area contributed by atoms with Gasteiger partial charge in [-0.25, -0.2) is 9.36 Å². The van der Waals surface area contributed by atoms with E-state index in [4.69, 9.17) is 36.3 Å². The molecule has 0 aromatic carbocycles. The number of carbonyl (C=O) groups excluding carboxylic acids is 3. The normalized spacial score (nSPS) is 22.2. The first-order valence-electron chi connectivity index (χ1n) is 9.73. The van der Waals surface area contributed by atoms with Crippen LogP contribution < -0.4 is 11.4 Å². The van der Waals surface area contributed by atoms with E-state index in [0.29, 0.717) is 0 Å². The standard InChI is InChI=1S/C19H22ClN5O8/c1-5-6-24-12-15(20)22-18(21)23-16(12)25(19(24)29)17-14(32-10(4)28)13(31-9(3)27)11(33-17)7-30-8(2)26/h5,11,13-14,17H,1,6-7H2,2-4H3,(H2,21,22,23)/t11-,13-,14-,17?/m1/s1. The molecular weight excluding hydrogens is 462 g/mol. The quantitative estimate of drug-likeness (QED) is 0.249. The smallest absolute Gasteiger partial charge is 0.333 e. The van der Waals surface area contributed by atoms with Crippen LogP contribution in [0.1, 0.15) is 27.0 Å². The minimum atomic E-state index is -1.33. The van der Waals surface area contributed by atoms with Crippen LogP contribution in [-0.4, -0.2) is 61.9 Å². The Morgan fingerprint density at radius 1 is 1.15 bits per heavy atom. The molecule has 2 N–H and O–H groups in total. The minimum absolute atomic E-state index is 0.00351. The fraction of sp³-hybridized carbons (Fsp3) is 0.474. The highest BCUT2D eigenvalue weighted by Gasteiger charge is 2.52. The molecule has 0 saturated carbocycles. The second-order valence-corrected chi connectivity index (χ2v) is 7.47. The molecule has 1 unspecified atom stereocenters. The van der Waals surface area contributed by atoms with Gasteiger partial charge < -0.3 is 24.7 Å². The molecule has 4 atom stereocenters. The largest absolute Gasteiger partial charge is 0.463 e. The number of nitrogens with zero attached hydrogens (tertiary/aromatic N) is 4. The van der Waals surface area contributed by atoms with Gasteiger partial charge in [0.25, 0.3) is 0 Å². The monoisotopic (exact) mass is 483 g/mol. The molecule has 33 heavy (non-hydrogen) atoms. The van der Waals surface area contributed by atoms with Gasteiger partial charge in [-0.2, -0.15) is 9.97 Å². The zero-order chi connectivity index (χ0) is 24.4. The molecule has 2 aromatic heterocycles. The Hall–Kier alpha value is -3.45. The maximum atomic E-state index is 13.4. The highest BCUT2D eigenvalue weighted by Crippen LogP contribution is 2.36. The Kier molecular flexibility index (Phi) is 7.03. The lowest BCUT2D eigenvalue weighted by molar-refractivity contribution is -0.166. The van der Waals surface area contributed by atoms with Crippen molar-refractivity contribution in [3.63, 3.8) is 0 Å². The molecule has 178 valence electrons. The predicted octanol–water partition coefficient (Wildman–Crippen LogP) is 0.338. The van der Waals surface area contributed by atoms with E-state index in [1.807, 2.05) is 0 Å². The van der Waals surface area contributed by atoms with Crippen molar-refractivity contribution in [1.82, 2.24) is 19.1 Å². The van der Waals surface area contributed by atoms with Crippen LogP contribution in [-0.2, 0) is 39.9 Å². The molecule has 0 bridgehead atoms. The minimum Gasteiger partial charge on any atom is -0.463 e. The highest BCUT2D eigenvalue weighted by molar-refractivity contribution is 6.33. The third kappa shape index (κ3) is 4.83. The number of halogens is 1. The van der Waals surface area contributed by atoms with Crippen molar-refractivity contribution >= 4 is 46.6 Å². The molecule has 13 nitrogen and oxygen atoms in total. The van der Waals surface area contributed by atoms with Crippen molar-refractivity contribution in [1.29, 1.82) is 0 Å². The van der Waals surface area contributed by atoms with Gasteiger partial charge in [-0.1, -0.05) is 17.7 Å². The summed E-state index contributed by atoms with van der Waals surface area (Å²) in [5.74, 6) is -2.26. The number of hydrogen-bond acceptors (Lipinski definition) is 11. The summed E-state index contributed by atoms with van der Waals surface area (Å²) < 4.78 is 23.9. The summed E-state index contributed by atoms with van der Waals surface area (Å²) in [6.45, 7) is 6.82. The number of ether oxygens (including phenoxy) is 4. The number of aromatic nitrogens is 4. The maximum absolute atomic E-state index is 13.4. The van der Waals surface area contributed by atoms with Gasteiger partial charge in [-0.15, -0.1) is 6.58 Å². The number of nitrogens with two attached hydrogens (primary N) is 1. The van der Waals surface area contributed by atoms with E-state index in [0.717, 1.165) is 18.4 Å². The average Bonchev–Trinajstić information content (AvgIpc) is 3.15. The second kappa shape index (κ2) is 9.58. The van der Waals surface area contributed by atoms with Crippen molar-refractivity contribution in [3.8, 4) is 0 Å². The molecule has 0 aliphatic carbocycles. The Labute approximate surface area is 192 Å². The highest BCUT2D eigenvalue weighted by atomic mass is 35.5. The Bertz CT molecular complexity index is 1180.